The van der Waals surface area contributed by atoms with Gasteiger partial charge in [0.15, 0.2) is 5.75 Å². The first-order valence-electron chi connectivity index (χ1n) is 10.5. The average molecular weight is 428 g/mol. The van der Waals surface area contributed by atoms with Gasteiger partial charge in [0.2, 0.25) is 11.8 Å². The quantitative estimate of drug-likeness (QED) is 0.596. The first-order chi connectivity index (χ1) is 15.7. The van der Waals surface area contributed by atoms with Gasteiger partial charge in [-0.05, 0) is 55.3 Å². The van der Waals surface area contributed by atoms with Crippen molar-refractivity contribution in [3.05, 3.63) is 85.0 Å². The molecule has 2 amide bonds. The number of ether oxygens (including phenoxy) is 1. The molecule has 4 rings (SSSR count). The van der Waals surface area contributed by atoms with Crippen LogP contribution in [0, 0.1) is 5.92 Å². The van der Waals surface area contributed by atoms with Gasteiger partial charge in [-0.2, -0.15) is 0 Å². The zero-order valence-corrected chi connectivity index (χ0v) is 17.6. The largest absolute Gasteiger partial charge is 0.454 e. The van der Waals surface area contributed by atoms with E-state index in [0.717, 1.165) is 18.5 Å². The number of pyridine rings is 2. The van der Waals surface area contributed by atoms with Crippen LogP contribution in [0.5, 0.6) is 11.5 Å². The van der Waals surface area contributed by atoms with Gasteiger partial charge in [-0.1, -0.05) is 18.2 Å². The fourth-order valence-electron chi connectivity index (χ4n) is 3.56. The number of likely N-dealkylation sites (tertiary alicyclic amines) is 1. The molecule has 1 aromatic carbocycles. The lowest BCUT2D eigenvalue weighted by molar-refractivity contribution is -0.130. The number of rotatable bonds is 6. The number of benzene rings is 1. The molecular formula is C25H24N4O3. The van der Waals surface area contributed by atoms with Crippen LogP contribution in [0.1, 0.15) is 18.5 Å². The predicted octanol–water partition coefficient (Wildman–Crippen LogP) is 4.16. The van der Waals surface area contributed by atoms with E-state index >= 15 is 0 Å². The predicted molar refractivity (Wildman–Crippen MR) is 122 cm³/mol. The standard InChI is InChI=1S/C25H24N4O3/c30-24(13-12-20-8-3-4-15-27-20)29-16-6-7-19(18-29)25(31)28-22-10-1-2-11-23(22)32-21-9-5-14-26-17-21/h1-5,8-15,17,19H,6-7,16,18H2,(H,28,31). The highest BCUT2D eigenvalue weighted by molar-refractivity contribution is 5.95. The van der Waals surface area contributed by atoms with Crippen LogP contribution in [0.4, 0.5) is 5.69 Å². The Morgan fingerprint density at radius 1 is 1.06 bits per heavy atom. The smallest absolute Gasteiger partial charge is 0.246 e. The highest BCUT2D eigenvalue weighted by Crippen LogP contribution is 2.30. The van der Waals surface area contributed by atoms with Crippen molar-refractivity contribution >= 4 is 23.6 Å². The number of aromatic nitrogens is 2. The zero-order valence-electron chi connectivity index (χ0n) is 17.6. The summed E-state index contributed by atoms with van der Waals surface area (Å²) in [6, 6.07) is 16.4. The van der Waals surface area contributed by atoms with Gasteiger partial charge in [-0.3, -0.25) is 19.6 Å². The first-order valence-corrected chi connectivity index (χ1v) is 10.5. The summed E-state index contributed by atoms with van der Waals surface area (Å²) in [5.74, 6) is 0.591. The average Bonchev–Trinajstić information content (AvgIpc) is 2.85. The summed E-state index contributed by atoms with van der Waals surface area (Å²) in [5, 5.41) is 2.97. The third kappa shape index (κ3) is 5.57. The van der Waals surface area contributed by atoms with Crippen LogP contribution in [0.25, 0.3) is 6.08 Å². The molecule has 162 valence electrons. The molecule has 32 heavy (non-hydrogen) atoms. The number of nitrogens with one attached hydrogen (secondary N) is 1. The molecule has 1 saturated heterocycles. The van der Waals surface area contributed by atoms with Gasteiger partial charge >= 0.3 is 0 Å². The molecular weight excluding hydrogens is 404 g/mol. The molecule has 7 nitrogen and oxygen atoms in total. The van der Waals surface area contributed by atoms with Crippen molar-refractivity contribution < 1.29 is 14.3 Å². The van der Waals surface area contributed by atoms with Crippen molar-refractivity contribution in [3.63, 3.8) is 0 Å². The molecule has 0 aliphatic carbocycles. The molecule has 2 aromatic heterocycles. The number of anilines is 1. The molecule has 1 aliphatic heterocycles. The van der Waals surface area contributed by atoms with Gasteiger partial charge < -0.3 is 15.0 Å². The molecule has 1 unspecified atom stereocenters. The lowest BCUT2D eigenvalue weighted by Crippen LogP contribution is -2.43. The van der Waals surface area contributed by atoms with Crippen LogP contribution in [-0.4, -0.2) is 39.8 Å². The van der Waals surface area contributed by atoms with Crippen molar-refractivity contribution in [3.8, 4) is 11.5 Å². The molecule has 1 atom stereocenters. The van der Waals surface area contributed by atoms with E-state index in [2.05, 4.69) is 15.3 Å². The summed E-state index contributed by atoms with van der Waals surface area (Å²) in [7, 11) is 0. The maximum absolute atomic E-state index is 13.0. The lowest BCUT2D eigenvalue weighted by Gasteiger charge is -2.31. The van der Waals surface area contributed by atoms with Crippen molar-refractivity contribution in [2.45, 2.75) is 12.8 Å². The number of para-hydroxylation sites is 2. The number of carbonyl (C=O) groups is 2. The molecule has 0 saturated carbocycles. The Kier molecular flexibility index (Phi) is 6.87. The first kappa shape index (κ1) is 21.2. The second-order valence-electron chi connectivity index (χ2n) is 7.49. The van der Waals surface area contributed by atoms with Crippen molar-refractivity contribution in [2.75, 3.05) is 18.4 Å². The molecule has 3 aromatic rings. The minimum atomic E-state index is -0.289. The Labute approximate surface area is 186 Å². The second kappa shape index (κ2) is 10.3. The summed E-state index contributed by atoms with van der Waals surface area (Å²) < 4.78 is 5.87. The molecule has 0 bridgehead atoms. The Balaban J connectivity index is 1.39. The van der Waals surface area contributed by atoms with E-state index in [1.165, 1.54) is 6.08 Å². The molecule has 7 heteroatoms. The van der Waals surface area contributed by atoms with E-state index in [9.17, 15) is 9.59 Å². The van der Waals surface area contributed by atoms with Gasteiger partial charge in [0.25, 0.3) is 0 Å². The van der Waals surface area contributed by atoms with Crippen molar-refractivity contribution in [2.24, 2.45) is 5.92 Å². The highest BCUT2D eigenvalue weighted by atomic mass is 16.5. The monoisotopic (exact) mass is 428 g/mol. The maximum atomic E-state index is 13.0. The lowest BCUT2D eigenvalue weighted by atomic mass is 9.97. The Bertz CT molecular complexity index is 1090. The van der Waals surface area contributed by atoms with E-state index in [-0.39, 0.29) is 17.7 Å². The maximum Gasteiger partial charge on any atom is 0.246 e. The normalized spacial score (nSPS) is 16.0. The van der Waals surface area contributed by atoms with Crippen LogP contribution < -0.4 is 10.1 Å². The molecule has 1 aliphatic rings. The number of hydrogen-bond acceptors (Lipinski definition) is 5. The summed E-state index contributed by atoms with van der Waals surface area (Å²) in [6.07, 6.45) is 9.67. The van der Waals surface area contributed by atoms with Crippen LogP contribution in [0.2, 0.25) is 0 Å². The molecule has 3 heterocycles. The topological polar surface area (TPSA) is 84.4 Å². The van der Waals surface area contributed by atoms with E-state index in [1.807, 2.05) is 30.3 Å². The number of piperidine rings is 1. The van der Waals surface area contributed by atoms with Gasteiger partial charge in [-0.25, -0.2) is 0 Å². The minimum Gasteiger partial charge on any atom is -0.454 e. The minimum absolute atomic E-state index is 0.117. The van der Waals surface area contributed by atoms with E-state index < -0.39 is 0 Å². The van der Waals surface area contributed by atoms with Gasteiger partial charge in [0.05, 0.1) is 23.5 Å². The number of amides is 2. The van der Waals surface area contributed by atoms with Crippen LogP contribution in [-0.2, 0) is 9.59 Å². The van der Waals surface area contributed by atoms with Crippen LogP contribution >= 0.6 is 0 Å². The molecule has 0 radical (unpaired) electrons. The van der Waals surface area contributed by atoms with E-state index in [1.54, 1.807) is 53.8 Å². The number of nitrogens with zero attached hydrogens (tertiary/aromatic N) is 3. The Morgan fingerprint density at radius 3 is 2.75 bits per heavy atom. The summed E-state index contributed by atoms with van der Waals surface area (Å²) >= 11 is 0. The van der Waals surface area contributed by atoms with Gasteiger partial charge in [0.1, 0.15) is 5.75 Å². The highest BCUT2D eigenvalue weighted by Gasteiger charge is 2.28. The van der Waals surface area contributed by atoms with Crippen LogP contribution in [0.3, 0.4) is 0 Å². The Hall–Kier alpha value is -4.00. The molecule has 1 fully saturated rings. The Morgan fingerprint density at radius 2 is 1.94 bits per heavy atom. The molecule has 0 spiro atoms. The van der Waals surface area contributed by atoms with Crippen LogP contribution in [0.15, 0.2) is 79.3 Å². The second-order valence-corrected chi connectivity index (χ2v) is 7.49. The number of hydrogen-bond donors (Lipinski definition) is 1. The van der Waals surface area contributed by atoms with E-state index in [0.29, 0.717) is 30.3 Å². The third-order valence-electron chi connectivity index (χ3n) is 5.20. The van der Waals surface area contributed by atoms with Crippen molar-refractivity contribution in [1.82, 2.24) is 14.9 Å². The molecule has 1 N–H and O–H groups in total. The van der Waals surface area contributed by atoms with E-state index in [4.69, 9.17) is 4.74 Å². The summed E-state index contributed by atoms with van der Waals surface area (Å²) in [6.45, 7) is 1.01. The van der Waals surface area contributed by atoms with Gasteiger partial charge in [-0.15, -0.1) is 0 Å². The zero-order chi connectivity index (χ0) is 22.2. The van der Waals surface area contributed by atoms with Gasteiger partial charge in [0, 0.05) is 31.6 Å². The number of carbonyl (C=O) groups excluding carboxylic acids is 2. The SMILES string of the molecule is O=C(Nc1ccccc1Oc1cccnc1)C1CCCN(C(=O)C=Cc2ccccn2)C1. The fraction of sp³-hybridized carbons (Fsp3) is 0.200. The van der Waals surface area contributed by atoms with Crippen molar-refractivity contribution in [1.29, 1.82) is 0 Å². The third-order valence-corrected chi connectivity index (χ3v) is 5.20. The summed E-state index contributed by atoms with van der Waals surface area (Å²) in [4.78, 5) is 35.5. The summed E-state index contributed by atoms with van der Waals surface area (Å²) in [5.41, 5.74) is 1.30. The fourth-order valence-corrected chi connectivity index (χ4v) is 3.56.